The summed E-state index contributed by atoms with van der Waals surface area (Å²) >= 11 is 0. The van der Waals surface area contributed by atoms with Gasteiger partial charge in [0.2, 0.25) is 5.91 Å². The first-order valence-electron chi connectivity index (χ1n) is 5.76. The lowest BCUT2D eigenvalue weighted by atomic mass is 9.96. The summed E-state index contributed by atoms with van der Waals surface area (Å²) in [6.45, 7) is 5.58. The molecular weight excluding hydrogens is 200 g/mol. The maximum atomic E-state index is 11.0. The number of amides is 1. The van der Waals surface area contributed by atoms with Crippen molar-refractivity contribution >= 4 is 5.91 Å². The van der Waals surface area contributed by atoms with Crippen LogP contribution in [0, 0.1) is 0 Å². The van der Waals surface area contributed by atoms with Gasteiger partial charge in [0, 0.05) is 13.5 Å². The molecule has 1 aliphatic rings. The van der Waals surface area contributed by atoms with E-state index >= 15 is 0 Å². The molecular formula is C13H18N2O. The molecule has 2 N–H and O–H groups in total. The van der Waals surface area contributed by atoms with Crippen molar-refractivity contribution in [2.75, 3.05) is 6.54 Å². The van der Waals surface area contributed by atoms with Gasteiger partial charge in [0.05, 0.1) is 6.04 Å². The number of carbonyl (C=O) groups is 1. The molecule has 1 aromatic rings. The summed E-state index contributed by atoms with van der Waals surface area (Å²) in [6, 6.07) is 6.58. The Balaban J connectivity index is 2.19. The lowest BCUT2D eigenvalue weighted by Gasteiger charge is -2.20. The van der Waals surface area contributed by atoms with E-state index in [1.807, 2.05) is 6.92 Å². The van der Waals surface area contributed by atoms with Gasteiger partial charge in [0.1, 0.15) is 0 Å². The largest absolute Gasteiger partial charge is 0.350 e. The van der Waals surface area contributed by atoms with E-state index in [9.17, 15) is 4.79 Å². The predicted molar refractivity (Wildman–Crippen MR) is 64.1 cm³/mol. The second-order valence-corrected chi connectivity index (χ2v) is 4.38. The molecule has 1 amide bonds. The van der Waals surface area contributed by atoms with Crippen molar-refractivity contribution in [1.29, 1.82) is 0 Å². The number of hydrogen-bond acceptors (Lipinski definition) is 2. The minimum atomic E-state index is 0.0203. The van der Waals surface area contributed by atoms with E-state index in [0.29, 0.717) is 0 Å². The van der Waals surface area contributed by atoms with Crippen LogP contribution in [-0.2, 0) is 17.8 Å². The van der Waals surface area contributed by atoms with Gasteiger partial charge in [-0.05, 0) is 36.6 Å². The Bertz CT molecular complexity index is 401. The lowest BCUT2D eigenvalue weighted by molar-refractivity contribution is -0.119. The summed E-state index contributed by atoms with van der Waals surface area (Å²) in [7, 11) is 0. The zero-order valence-electron chi connectivity index (χ0n) is 9.84. The van der Waals surface area contributed by atoms with Gasteiger partial charge >= 0.3 is 0 Å². The van der Waals surface area contributed by atoms with Crippen LogP contribution >= 0.6 is 0 Å². The van der Waals surface area contributed by atoms with Crippen molar-refractivity contribution in [2.24, 2.45) is 0 Å². The van der Waals surface area contributed by atoms with Gasteiger partial charge in [-0.15, -0.1) is 0 Å². The maximum absolute atomic E-state index is 11.0. The molecule has 0 aromatic heterocycles. The van der Waals surface area contributed by atoms with Crippen LogP contribution in [0.2, 0.25) is 0 Å². The Morgan fingerprint density at radius 1 is 1.44 bits per heavy atom. The first-order chi connectivity index (χ1) is 7.66. The highest BCUT2D eigenvalue weighted by Gasteiger charge is 2.12. The van der Waals surface area contributed by atoms with Crippen molar-refractivity contribution in [3.8, 4) is 0 Å². The smallest absolute Gasteiger partial charge is 0.217 e. The number of hydrogen-bond donors (Lipinski definition) is 2. The predicted octanol–water partition coefficient (Wildman–Crippen LogP) is 1.53. The number of benzene rings is 1. The van der Waals surface area contributed by atoms with E-state index in [4.69, 9.17) is 0 Å². The highest BCUT2D eigenvalue weighted by Crippen LogP contribution is 2.20. The summed E-state index contributed by atoms with van der Waals surface area (Å²) in [5, 5.41) is 6.26. The van der Waals surface area contributed by atoms with E-state index in [-0.39, 0.29) is 11.9 Å². The minimum absolute atomic E-state index is 0.0203. The molecule has 0 spiro atoms. The molecule has 0 saturated heterocycles. The molecule has 1 aromatic carbocycles. The van der Waals surface area contributed by atoms with Crippen LogP contribution < -0.4 is 10.6 Å². The summed E-state index contributed by atoms with van der Waals surface area (Å²) in [5.74, 6) is 0.0203. The Kier molecular flexibility index (Phi) is 3.25. The van der Waals surface area contributed by atoms with Crippen molar-refractivity contribution in [1.82, 2.24) is 10.6 Å². The van der Waals surface area contributed by atoms with Crippen LogP contribution in [0.4, 0.5) is 0 Å². The van der Waals surface area contributed by atoms with Crippen molar-refractivity contribution < 1.29 is 4.79 Å². The minimum Gasteiger partial charge on any atom is -0.350 e. The molecule has 3 heteroatoms. The molecule has 0 fully saturated rings. The molecule has 1 atom stereocenters. The van der Waals surface area contributed by atoms with Gasteiger partial charge in [-0.1, -0.05) is 18.2 Å². The maximum Gasteiger partial charge on any atom is 0.217 e. The van der Waals surface area contributed by atoms with Crippen LogP contribution in [-0.4, -0.2) is 12.5 Å². The van der Waals surface area contributed by atoms with Crippen LogP contribution in [0.15, 0.2) is 18.2 Å². The van der Waals surface area contributed by atoms with Gasteiger partial charge in [-0.3, -0.25) is 4.79 Å². The first-order valence-corrected chi connectivity index (χ1v) is 5.76. The van der Waals surface area contributed by atoms with E-state index in [0.717, 1.165) is 19.5 Å². The number of rotatable bonds is 2. The van der Waals surface area contributed by atoms with Crippen LogP contribution in [0.1, 0.15) is 36.6 Å². The molecule has 1 heterocycles. The average Bonchev–Trinajstić information content (AvgIpc) is 2.27. The molecule has 2 rings (SSSR count). The quantitative estimate of drug-likeness (QED) is 0.790. The third kappa shape index (κ3) is 2.42. The van der Waals surface area contributed by atoms with Gasteiger partial charge in [0.25, 0.3) is 0 Å². The van der Waals surface area contributed by atoms with Crippen LogP contribution in [0.25, 0.3) is 0 Å². The van der Waals surface area contributed by atoms with E-state index < -0.39 is 0 Å². The Morgan fingerprint density at radius 2 is 2.25 bits per heavy atom. The number of fused-ring (bicyclic) bond motifs is 1. The standard InChI is InChI=1S/C13H18N2O/c1-9(15-10(2)16)11-3-4-13-8-14-6-5-12(13)7-11/h3-4,7,9,14H,5-6,8H2,1-2H3,(H,15,16). The zero-order chi connectivity index (χ0) is 11.5. The summed E-state index contributed by atoms with van der Waals surface area (Å²) < 4.78 is 0. The topological polar surface area (TPSA) is 41.1 Å². The molecule has 3 nitrogen and oxygen atoms in total. The second kappa shape index (κ2) is 4.66. The number of carbonyl (C=O) groups excluding carboxylic acids is 1. The molecule has 0 bridgehead atoms. The summed E-state index contributed by atoms with van der Waals surface area (Å²) in [5.41, 5.74) is 3.98. The van der Waals surface area contributed by atoms with Crippen molar-refractivity contribution in [3.05, 3.63) is 34.9 Å². The Morgan fingerprint density at radius 3 is 3.00 bits per heavy atom. The summed E-state index contributed by atoms with van der Waals surface area (Å²) in [6.07, 6.45) is 1.08. The van der Waals surface area contributed by atoms with Gasteiger partial charge in [0.15, 0.2) is 0 Å². The fraction of sp³-hybridized carbons (Fsp3) is 0.462. The highest BCUT2D eigenvalue weighted by atomic mass is 16.1. The Labute approximate surface area is 96.2 Å². The Hall–Kier alpha value is -1.35. The van der Waals surface area contributed by atoms with Gasteiger partial charge in [-0.25, -0.2) is 0 Å². The molecule has 0 aliphatic carbocycles. The molecule has 16 heavy (non-hydrogen) atoms. The van der Waals surface area contributed by atoms with Crippen LogP contribution in [0.5, 0.6) is 0 Å². The molecule has 0 saturated carbocycles. The molecule has 86 valence electrons. The average molecular weight is 218 g/mol. The summed E-state index contributed by atoms with van der Waals surface area (Å²) in [4.78, 5) is 11.0. The van der Waals surface area contributed by atoms with Crippen molar-refractivity contribution in [3.63, 3.8) is 0 Å². The third-order valence-electron chi connectivity index (χ3n) is 3.04. The van der Waals surface area contributed by atoms with E-state index in [1.165, 1.54) is 16.7 Å². The molecule has 1 aliphatic heterocycles. The van der Waals surface area contributed by atoms with Crippen molar-refractivity contribution in [2.45, 2.75) is 32.9 Å². The number of nitrogens with one attached hydrogen (secondary N) is 2. The van der Waals surface area contributed by atoms with Gasteiger partial charge < -0.3 is 10.6 Å². The van der Waals surface area contributed by atoms with Crippen LogP contribution in [0.3, 0.4) is 0 Å². The van der Waals surface area contributed by atoms with E-state index in [2.05, 4.69) is 28.8 Å². The third-order valence-corrected chi connectivity index (χ3v) is 3.04. The molecule has 1 unspecified atom stereocenters. The monoisotopic (exact) mass is 218 g/mol. The second-order valence-electron chi connectivity index (χ2n) is 4.38. The SMILES string of the molecule is CC(=O)NC(C)c1ccc2c(c1)CCNC2. The highest BCUT2D eigenvalue weighted by molar-refractivity contribution is 5.73. The normalized spacial score (nSPS) is 16.4. The fourth-order valence-electron chi connectivity index (χ4n) is 2.15. The fourth-order valence-corrected chi connectivity index (χ4v) is 2.15. The van der Waals surface area contributed by atoms with Gasteiger partial charge in [-0.2, -0.15) is 0 Å². The first kappa shape index (κ1) is 11.1. The molecule has 0 radical (unpaired) electrons. The van der Waals surface area contributed by atoms with E-state index in [1.54, 1.807) is 6.92 Å². The lowest BCUT2D eigenvalue weighted by Crippen LogP contribution is -2.26. The zero-order valence-corrected chi connectivity index (χ0v) is 9.84.